The first kappa shape index (κ1) is 17.4. The van der Waals surface area contributed by atoms with Crippen molar-refractivity contribution in [1.82, 2.24) is 9.97 Å². The summed E-state index contributed by atoms with van der Waals surface area (Å²) in [6.45, 7) is 0. The zero-order valence-corrected chi connectivity index (χ0v) is 15.7. The maximum atomic E-state index is 12.7. The lowest BCUT2D eigenvalue weighted by atomic mass is 10.3. The Morgan fingerprint density at radius 2 is 1.96 bits per heavy atom. The van der Waals surface area contributed by atoms with E-state index in [-0.39, 0.29) is 18.2 Å². The number of H-pyrrole nitrogens is 1. The second-order valence-corrected chi connectivity index (χ2v) is 7.88. The minimum atomic E-state index is -0.440. The van der Waals surface area contributed by atoms with Crippen molar-refractivity contribution in [3.63, 3.8) is 0 Å². The molecule has 1 atom stereocenters. The predicted octanol–water partition coefficient (Wildman–Crippen LogP) is 4.44. The van der Waals surface area contributed by atoms with Gasteiger partial charge in [-0.25, -0.2) is 9.88 Å². The van der Waals surface area contributed by atoms with E-state index >= 15 is 0 Å². The number of carbonyl (C=O) groups is 2. The molecule has 1 N–H and O–H groups in total. The first-order valence-electron chi connectivity index (χ1n) is 7.90. The molecule has 5 nitrogen and oxygen atoms in total. The number of benzene rings is 2. The molecule has 0 bridgehead atoms. The van der Waals surface area contributed by atoms with Crippen LogP contribution < -0.4 is 4.90 Å². The smallest absolute Gasteiger partial charge is 0.247 e. The molecule has 2 aromatic carbocycles. The van der Waals surface area contributed by atoms with Crippen LogP contribution in [0.4, 0.5) is 5.69 Å². The van der Waals surface area contributed by atoms with Crippen molar-refractivity contribution in [2.24, 2.45) is 0 Å². The third-order valence-corrected chi connectivity index (χ3v) is 6.08. The van der Waals surface area contributed by atoms with Crippen LogP contribution in [0.15, 0.2) is 42.5 Å². The van der Waals surface area contributed by atoms with E-state index in [1.54, 1.807) is 12.1 Å². The fraction of sp³-hybridized carbons (Fsp3) is 0.167. The second kappa shape index (κ2) is 6.95. The van der Waals surface area contributed by atoms with E-state index < -0.39 is 5.25 Å². The first-order chi connectivity index (χ1) is 12.5. The average molecular weight is 406 g/mol. The molecule has 1 fully saturated rings. The molecule has 1 aromatic heterocycles. The molecule has 0 saturated carbocycles. The van der Waals surface area contributed by atoms with Crippen LogP contribution in [0, 0.1) is 0 Å². The number of aromatic nitrogens is 2. The summed E-state index contributed by atoms with van der Waals surface area (Å²) < 4.78 is 0. The van der Waals surface area contributed by atoms with Gasteiger partial charge >= 0.3 is 0 Å². The molecule has 0 unspecified atom stereocenters. The summed E-state index contributed by atoms with van der Waals surface area (Å²) in [5.41, 5.74) is 2.28. The maximum Gasteiger partial charge on any atom is 0.247 e. The molecule has 0 spiro atoms. The lowest BCUT2D eigenvalue weighted by Gasteiger charge is -2.15. The molecule has 2 amide bonds. The van der Waals surface area contributed by atoms with E-state index in [1.165, 1.54) is 22.7 Å². The third-order valence-electron chi connectivity index (χ3n) is 4.13. The molecule has 8 heteroatoms. The largest absolute Gasteiger partial charge is 0.341 e. The number of amides is 2. The van der Waals surface area contributed by atoms with Gasteiger partial charge in [-0.3, -0.25) is 9.59 Å². The molecule has 1 saturated heterocycles. The van der Waals surface area contributed by atoms with Gasteiger partial charge in [0.05, 0.1) is 37.8 Å². The monoisotopic (exact) mass is 405 g/mol. The summed E-state index contributed by atoms with van der Waals surface area (Å²) in [7, 11) is 0. The van der Waals surface area contributed by atoms with E-state index in [0.29, 0.717) is 21.5 Å². The Morgan fingerprint density at radius 3 is 2.73 bits per heavy atom. The number of para-hydroxylation sites is 2. The van der Waals surface area contributed by atoms with Crippen LogP contribution in [-0.4, -0.2) is 27.0 Å². The second-order valence-electron chi connectivity index (χ2n) is 5.87. The van der Waals surface area contributed by atoms with Crippen molar-refractivity contribution in [3.05, 3.63) is 58.3 Å². The summed E-state index contributed by atoms with van der Waals surface area (Å²) >= 11 is 13.3. The van der Waals surface area contributed by atoms with Crippen LogP contribution >= 0.6 is 35.0 Å². The number of fused-ring (bicyclic) bond motifs is 1. The fourth-order valence-corrected chi connectivity index (χ4v) is 4.18. The number of aromatic amines is 1. The predicted molar refractivity (Wildman–Crippen MR) is 105 cm³/mol. The number of nitrogens with one attached hydrogen (secondary N) is 1. The van der Waals surface area contributed by atoms with Crippen molar-refractivity contribution in [2.75, 3.05) is 4.90 Å². The zero-order chi connectivity index (χ0) is 18.3. The minimum absolute atomic E-state index is 0.157. The van der Waals surface area contributed by atoms with Crippen LogP contribution in [0.5, 0.6) is 0 Å². The molecule has 1 aliphatic heterocycles. The lowest BCUT2D eigenvalue weighted by molar-refractivity contribution is -0.121. The average Bonchev–Trinajstić information content (AvgIpc) is 3.16. The number of hydrogen-bond donors (Lipinski definition) is 1. The fourth-order valence-electron chi connectivity index (χ4n) is 2.88. The van der Waals surface area contributed by atoms with Crippen molar-refractivity contribution in [2.45, 2.75) is 17.4 Å². The van der Waals surface area contributed by atoms with E-state index in [2.05, 4.69) is 9.97 Å². The van der Waals surface area contributed by atoms with Gasteiger partial charge in [-0.2, -0.15) is 0 Å². The Bertz CT molecular complexity index is 988. The minimum Gasteiger partial charge on any atom is -0.341 e. The normalized spacial score (nSPS) is 17.5. The number of hydrogen-bond acceptors (Lipinski definition) is 4. The summed E-state index contributed by atoms with van der Waals surface area (Å²) in [4.78, 5) is 33.9. The van der Waals surface area contributed by atoms with Gasteiger partial charge in [0.15, 0.2) is 0 Å². The topological polar surface area (TPSA) is 66.1 Å². The molecule has 3 aromatic rings. The Hall–Kier alpha value is -2.02. The number of imide groups is 1. The van der Waals surface area contributed by atoms with Crippen molar-refractivity contribution in [1.29, 1.82) is 0 Å². The molecule has 2 heterocycles. The highest BCUT2D eigenvalue weighted by Gasteiger charge is 2.40. The first-order valence-corrected chi connectivity index (χ1v) is 9.70. The zero-order valence-electron chi connectivity index (χ0n) is 13.4. The Balaban J connectivity index is 1.49. The van der Waals surface area contributed by atoms with Gasteiger partial charge in [0, 0.05) is 6.42 Å². The van der Waals surface area contributed by atoms with Crippen molar-refractivity contribution < 1.29 is 9.59 Å². The van der Waals surface area contributed by atoms with Crippen molar-refractivity contribution >= 4 is 63.5 Å². The maximum absolute atomic E-state index is 12.7. The van der Waals surface area contributed by atoms with Gasteiger partial charge < -0.3 is 4.98 Å². The van der Waals surface area contributed by atoms with Crippen LogP contribution in [0.2, 0.25) is 10.0 Å². The standard InChI is InChI=1S/C18H13Cl2N3O2S/c19-11-6-5-10(7-12(11)20)23-17(24)8-15(18(23)25)26-9-16-21-13-3-1-2-4-14(13)22-16/h1-7,15H,8-9H2,(H,21,22)/t15-/m1/s1. The van der Waals surface area contributed by atoms with E-state index in [4.69, 9.17) is 23.2 Å². The number of anilines is 1. The number of carbonyl (C=O) groups excluding carboxylic acids is 2. The summed E-state index contributed by atoms with van der Waals surface area (Å²) in [5, 5.41) is 0.249. The Labute approximate surface area is 163 Å². The van der Waals surface area contributed by atoms with Crippen LogP contribution in [-0.2, 0) is 15.3 Å². The lowest BCUT2D eigenvalue weighted by Crippen LogP contribution is -2.31. The van der Waals surface area contributed by atoms with Gasteiger partial charge in [-0.05, 0) is 30.3 Å². The van der Waals surface area contributed by atoms with Crippen LogP contribution in [0.3, 0.4) is 0 Å². The quantitative estimate of drug-likeness (QED) is 0.651. The molecule has 132 valence electrons. The molecule has 26 heavy (non-hydrogen) atoms. The van der Waals surface area contributed by atoms with Gasteiger partial charge in [0.2, 0.25) is 11.8 Å². The number of nitrogens with zero attached hydrogens (tertiary/aromatic N) is 2. The molecule has 1 aliphatic rings. The van der Waals surface area contributed by atoms with E-state index in [9.17, 15) is 9.59 Å². The number of rotatable bonds is 4. The van der Waals surface area contributed by atoms with Gasteiger partial charge in [0.1, 0.15) is 5.82 Å². The number of halogens is 2. The summed E-state index contributed by atoms with van der Waals surface area (Å²) in [6, 6.07) is 12.5. The third kappa shape index (κ3) is 3.20. The van der Waals surface area contributed by atoms with Crippen molar-refractivity contribution in [3.8, 4) is 0 Å². The van der Waals surface area contributed by atoms with Gasteiger partial charge in [-0.15, -0.1) is 11.8 Å². The Kier molecular flexibility index (Phi) is 4.65. The van der Waals surface area contributed by atoms with Gasteiger partial charge in [0.25, 0.3) is 0 Å². The van der Waals surface area contributed by atoms with E-state index in [0.717, 1.165) is 16.9 Å². The molecule has 0 radical (unpaired) electrons. The van der Waals surface area contributed by atoms with Crippen LogP contribution in [0.1, 0.15) is 12.2 Å². The number of thioether (sulfide) groups is 1. The number of imidazole rings is 1. The summed E-state index contributed by atoms with van der Waals surface area (Å²) in [5.74, 6) is 0.822. The molecular formula is C18H13Cl2N3O2S. The highest BCUT2D eigenvalue weighted by atomic mass is 35.5. The molecular weight excluding hydrogens is 393 g/mol. The van der Waals surface area contributed by atoms with E-state index in [1.807, 2.05) is 24.3 Å². The Morgan fingerprint density at radius 1 is 1.15 bits per heavy atom. The molecule has 4 rings (SSSR count). The highest BCUT2D eigenvalue weighted by Crippen LogP contribution is 2.34. The highest BCUT2D eigenvalue weighted by molar-refractivity contribution is 7.99. The summed E-state index contributed by atoms with van der Waals surface area (Å²) in [6.07, 6.45) is 0.157. The van der Waals surface area contributed by atoms with Crippen LogP contribution in [0.25, 0.3) is 11.0 Å². The molecule has 0 aliphatic carbocycles. The SMILES string of the molecule is O=C1C[C@@H](SCc2nc3ccccc3[nH]2)C(=O)N1c1ccc(Cl)c(Cl)c1. The van der Waals surface area contributed by atoms with Gasteiger partial charge in [-0.1, -0.05) is 35.3 Å².